The van der Waals surface area contributed by atoms with Crippen molar-refractivity contribution < 1.29 is 4.79 Å². The second-order valence-electron chi connectivity index (χ2n) is 9.01. The Morgan fingerprint density at radius 3 is 2.68 bits per heavy atom. The van der Waals surface area contributed by atoms with Gasteiger partial charge in [-0.3, -0.25) is 14.8 Å². The number of aromatic amines is 1. The number of benzene rings is 1. The lowest BCUT2D eigenvalue weighted by molar-refractivity contribution is 0.0681. The first-order valence-corrected chi connectivity index (χ1v) is 10.7. The molecule has 5 aliphatic rings. The number of rotatable bonds is 2. The molecule has 6 heterocycles. The molecule has 2 atom stereocenters. The van der Waals surface area contributed by atoms with Gasteiger partial charge in [0.25, 0.3) is 5.91 Å². The summed E-state index contributed by atoms with van der Waals surface area (Å²) in [5.41, 5.74) is 2.81. The minimum absolute atomic E-state index is 0.0922. The van der Waals surface area contributed by atoms with Gasteiger partial charge in [-0.05, 0) is 44.5 Å². The number of amides is 1. The van der Waals surface area contributed by atoms with E-state index in [4.69, 9.17) is 0 Å². The number of piperazine rings is 1. The number of carbonyl (C=O) groups excluding carboxylic acids is 1. The molecule has 5 aliphatic heterocycles. The van der Waals surface area contributed by atoms with E-state index in [1.165, 1.54) is 12.1 Å². The molecule has 0 saturated carbocycles. The molecule has 5 saturated heterocycles. The number of hydrogen-bond donors (Lipinski definition) is 1. The van der Waals surface area contributed by atoms with Crippen molar-refractivity contribution >= 4 is 22.5 Å². The molecule has 1 amide bonds. The molecular formula is C21H28N6O. The minimum atomic E-state index is 0.0922. The lowest BCUT2D eigenvalue weighted by Gasteiger charge is -2.33. The predicted molar refractivity (Wildman–Crippen MR) is 109 cm³/mol. The molecule has 0 radical (unpaired) electrons. The van der Waals surface area contributed by atoms with Crippen molar-refractivity contribution in [2.75, 3.05) is 51.2 Å². The molecule has 1 aromatic heterocycles. The number of hydrogen-bond acceptors (Lipinski definition) is 5. The Hall–Kier alpha value is -2.12. The second kappa shape index (κ2) is 6.19. The normalized spacial score (nSPS) is 32.5. The summed E-state index contributed by atoms with van der Waals surface area (Å²) < 4.78 is 0. The van der Waals surface area contributed by atoms with Crippen molar-refractivity contribution in [1.29, 1.82) is 0 Å². The van der Waals surface area contributed by atoms with Crippen molar-refractivity contribution in [3.63, 3.8) is 0 Å². The van der Waals surface area contributed by atoms with Crippen molar-refractivity contribution in [3.05, 3.63) is 23.9 Å². The number of nitrogens with zero attached hydrogens (tertiary/aromatic N) is 5. The Bertz CT molecular complexity index is 915. The zero-order chi connectivity index (χ0) is 18.8. The lowest BCUT2D eigenvalue weighted by Crippen LogP contribution is -2.44. The molecule has 4 bridgehead atoms. The van der Waals surface area contributed by atoms with Gasteiger partial charge < -0.3 is 14.7 Å². The fourth-order valence-corrected chi connectivity index (χ4v) is 5.82. The average molecular weight is 380 g/mol. The number of carbonyl (C=O) groups is 1. The smallest absolute Gasteiger partial charge is 0.275 e. The van der Waals surface area contributed by atoms with Crippen LogP contribution in [0.5, 0.6) is 0 Å². The Morgan fingerprint density at radius 1 is 1.07 bits per heavy atom. The standard InChI is InChI=1S/C21H28N6O/c1-24-12-17-10-16(24)13-27(17)15-2-3-18-19(11-15)22-23-20(18)21(28)26-9-8-25-6-4-14(26)5-7-25/h2-3,11,14,16-17H,4-10,12-13H2,1H3,(H,22,23)/t16-,17-/m0/s1. The summed E-state index contributed by atoms with van der Waals surface area (Å²) in [5.74, 6) is 0.0922. The highest BCUT2D eigenvalue weighted by Gasteiger charge is 2.41. The van der Waals surface area contributed by atoms with Gasteiger partial charge in [0.1, 0.15) is 0 Å². The summed E-state index contributed by atoms with van der Waals surface area (Å²) in [6.45, 7) is 6.28. The number of likely N-dealkylation sites (tertiary alicyclic amines) is 1. The molecule has 0 unspecified atom stereocenters. The van der Waals surface area contributed by atoms with Crippen molar-refractivity contribution in [1.82, 2.24) is 24.9 Å². The van der Waals surface area contributed by atoms with Crippen LogP contribution in [0.1, 0.15) is 29.8 Å². The van der Waals surface area contributed by atoms with Crippen LogP contribution in [0.4, 0.5) is 5.69 Å². The van der Waals surface area contributed by atoms with Crippen LogP contribution in [0, 0.1) is 0 Å². The largest absolute Gasteiger partial charge is 0.366 e. The third-order valence-electron chi connectivity index (χ3n) is 7.51. The summed E-state index contributed by atoms with van der Waals surface area (Å²) in [4.78, 5) is 22.8. The molecule has 5 fully saturated rings. The van der Waals surface area contributed by atoms with E-state index < -0.39 is 0 Å². The SMILES string of the molecule is CN1C[C@@H]2C[C@H]1CN2c1ccc2c(C(=O)N3CCN4CCC3CC4)n[nH]c2c1. The maximum atomic E-state index is 13.3. The number of anilines is 1. The first kappa shape index (κ1) is 16.8. The second-order valence-corrected chi connectivity index (χ2v) is 9.01. The van der Waals surface area contributed by atoms with E-state index in [0.717, 1.165) is 63.0 Å². The van der Waals surface area contributed by atoms with E-state index in [1.54, 1.807) is 0 Å². The summed E-state index contributed by atoms with van der Waals surface area (Å²) >= 11 is 0. The minimum Gasteiger partial charge on any atom is -0.366 e. The van der Waals surface area contributed by atoms with Gasteiger partial charge in [0, 0.05) is 68.5 Å². The molecule has 1 aromatic carbocycles. The number of fused-ring (bicyclic) bond motifs is 7. The van der Waals surface area contributed by atoms with E-state index in [0.29, 0.717) is 23.8 Å². The highest BCUT2D eigenvalue weighted by Crippen LogP contribution is 2.35. The van der Waals surface area contributed by atoms with Crippen LogP contribution in [0.3, 0.4) is 0 Å². The predicted octanol–water partition coefficient (Wildman–Crippen LogP) is 1.38. The third-order valence-corrected chi connectivity index (χ3v) is 7.51. The molecule has 1 N–H and O–H groups in total. The van der Waals surface area contributed by atoms with Crippen LogP contribution >= 0.6 is 0 Å². The Balaban J connectivity index is 1.28. The topological polar surface area (TPSA) is 58.7 Å². The molecule has 0 aliphatic carbocycles. The van der Waals surface area contributed by atoms with Crippen LogP contribution < -0.4 is 4.90 Å². The van der Waals surface area contributed by atoms with Crippen molar-refractivity contribution in [2.45, 2.75) is 37.4 Å². The number of H-pyrrole nitrogens is 1. The summed E-state index contributed by atoms with van der Waals surface area (Å²) in [6, 6.07) is 8.10. The van der Waals surface area contributed by atoms with Gasteiger partial charge in [-0.25, -0.2) is 0 Å². The van der Waals surface area contributed by atoms with E-state index in [2.05, 4.69) is 55.0 Å². The maximum absolute atomic E-state index is 13.3. The Morgan fingerprint density at radius 2 is 1.93 bits per heavy atom. The molecule has 28 heavy (non-hydrogen) atoms. The molecule has 7 heteroatoms. The van der Waals surface area contributed by atoms with Gasteiger partial charge in [-0.2, -0.15) is 5.10 Å². The van der Waals surface area contributed by atoms with E-state index in [-0.39, 0.29) is 5.91 Å². The monoisotopic (exact) mass is 380 g/mol. The van der Waals surface area contributed by atoms with Gasteiger partial charge >= 0.3 is 0 Å². The highest BCUT2D eigenvalue weighted by molar-refractivity contribution is 6.05. The van der Waals surface area contributed by atoms with E-state index in [9.17, 15) is 4.79 Å². The lowest BCUT2D eigenvalue weighted by atomic mass is 10.0. The first-order chi connectivity index (χ1) is 13.7. The molecule has 7 rings (SSSR count). The average Bonchev–Trinajstić information content (AvgIpc) is 3.34. The van der Waals surface area contributed by atoms with E-state index in [1.807, 2.05) is 0 Å². The first-order valence-electron chi connectivity index (χ1n) is 10.7. The number of likely N-dealkylation sites (N-methyl/N-ethyl adjacent to an activating group) is 1. The van der Waals surface area contributed by atoms with Crippen LogP contribution in [-0.2, 0) is 0 Å². The van der Waals surface area contributed by atoms with Crippen LogP contribution in [-0.4, -0.2) is 95.2 Å². The summed E-state index contributed by atoms with van der Waals surface area (Å²) in [6.07, 6.45) is 3.43. The quantitative estimate of drug-likeness (QED) is 0.853. The van der Waals surface area contributed by atoms with Crippen LogP contribution in [0.15, 0.2) is 18.2 Å². The fourth-order valence-electron chi connectivity index (χ4n) is 5.82. The van der Waals surface area contributed by atoms with Gasteiger partial charge in [0.05, 0.1) is 5.52 Å². The Labute approximate surface area is 165 Å². The maximum Gasteiger partial charge on any atom is 0.275 e. The molecular weight excluding hydrogens is 352 g/mol. The molecule has 7 nitrogen and oxygen atoms in total. The van der Waals surface area contributed by atoms with Crippen molar-refractivity contribution in [2.24, 2.45) is 0 Å². The Kier molecular flexibility index (Phi) is 3.71. The van der Waals surface area contributed by atoms with Crippen LogP contribution in [0.2, 0.25) is 0 Å². The number of nitrogens with one attached hydrogen (secondary N) is 1. The number of piperidine rings is 1. The summed E-state index contributed by atoms with van der Waals surface area (Å²) in [7, 11) is 2.23. The van der Waals surface area contributed by atoms with Gasteiger partial charge in [-0.1, -0.05) is 0 Å². The third kappa shape index (κ3) is 2.49. The highest BCUT2D eigenvalue weighted by atomic mass is 16.2. The molecule has 2 aromatic rings. The van der Waals surface area contributed by atoms with Crippen molar-refractivity contribution in [3.8, 4) is 0 Å². The molecule has 148 valence electrons. The fraction of sp³-hybridized carbons (Fsp3) is 0.619. The van der Waals surface area contributed by atoms with Gasteiger partial charge in [-0.15, -0.1) is 0 Å². The van der Waals surface area contributed by atoms with Gasteiger partial charge in [0.15, 0.2) is 5.69 Å². The number of aromatic nitrogens is 2. The van der Waals surface area contributed by atoms with E-state index >= 15 is 0 Å². The molecule has 0 spiro atoms. The van der Waals surface area contributed by atoms with Crippen LogP contribution in [0.25, 0.3) is 10.9 Å². The summed E-state index contributed by atoms with van der Waals surface area (Å²) in [5, 5.41) is 8.55. The zero-order valence-corrected chi connectivity index (χ0v) is 16.5. The van der Waals surface area contributed by atoms with Gasteiger partial charge in [0.2, 0.25) is 0 Å². The zero-order valence-electron chi connectivity index (χ0n) is 16.5.